The van der Waals surface area contributed by atoms with Crippen molar-refractivity contribution in [1.82, 2.24) is 15.5 Å². The SMILES string of the molecule is CO[C@H]1COC[C@@H]1NC(=O)c1cc(-c2ccsc2)n[nH]1. The Hall–Kier alpha value is -1.70. The molecule has 106 valence electrons. The third-order valence-corrected chi connectivity index (χ3v) is 3.97. The molecule has 0 spiro atoms. The molecule has 20 heavy (non-hydrogen) atoms. The van der Waals surface area contributed by atoms with Gasteiger partial charge in [-0.15, -0.1) is 0 Å². The van der Waals surface area contributed by atoms with Crippen molar-refractivity contribution in [2.75, 3.05) is 20.3 Å². The lowest BCUT2D eigenvalue weighted by molar-refractivity contribution is 0.0684. The summed E-state index contributed by atoms with van der Waals surface area (Å²) in [5, 5.41) is 13.8. The molecule has 2 N–H and O–H groups in total. The van der Waals surface area contributed by atoms with Gasteiger partial charge in [-0.1, -0.05) is 0 Å². The highest BCUT2D eigenvalue weighted by atomic mass is 32.1. The first-order valence-electron chi connectivity index (χ1n) is 6.27. The molecule has 2 aromatic heterocycles. The first-order chi connectivity index (χ1) is 9.78. The second-order valence-electron chi connectivity index (χ2n) is 4.57. The quantitative estimate of drug-likeness (QED) is 0.890. The summed E-state index contributed by atoms with van der Waals surface area (Å²) >= 11 is 1.59. The third kappa shape index (κ3) is 2.60. The Morgan fingerprint density at radius 3 is 3.25 bits per heavy atom. The highest BCUT2D eigenvalue weighted by Crippen LogP contribution is 2.20. The van der Waals surface area contributed by atoms with Crippen LogP contribution < -0.4 is 5.32 Å². The summed E-state index contributed by atoms with van der Waals surface area (Å²) in [6.07, 6.45) is -0.0989. The number of H-pyrrole nitrogens is 1. The minimum absolute atomic E-state index is 0.0989. The second-order valence-corrected chi connectivity index (χ2v) is 5.35. The first-order valence-corrected chi connectivity index (χ1v) is 7.21. The zero-order valence-electron chi connectivity index (χ0n) is 11.0. The Morgan fingerprint density at radius 2 is 2.50 bits per heavy atom. The van der Waals surface area contributed by atoms with E-state index < -0.39 is 0 Å². The molecule has 0 aliphatic carbocycles. The molecule has 0 aromatic carbocycles. The topological polar surface area (TPSA) is 76.2 Å². The molecule has 1 saturated heterocycles. The fourth-order valence-electron chi connectivity index (χ4n) is 2.14. The molecule has 1 aliphatic heterocycles. The molecule has 2 atom stereocenters. The van der Waals surface area contributed by atoms with Crippen LogP contribution in [-0.4, -0.2) is 48.6 Å². The highest BCUT2D eigenvalue weighted by molar-refractivity contribution is 7.08. The molecular weight excluding hydrogens is 278 g/mol. The van der Waals surface area contributed by atoms with E-state index >= 15 is 0 Å². The Labute approximate surface area is 120 Å². The number of hydrogen-bond donors (Lipinski definition) is 2. The summed E-state index contributed by atoms with van der Waals surface area (Å²) in [6, 6.07) is 3.59. The van der Waals surface area contributed by atoms with Gasteiger partial charge in [0.05, 0.1) is 24.9 Å². The molecule has 1 fully saturated rings. The Bertz CT molecular complexity index is 581. The maximum absolute atomic E-state index is 12.2. The standard InChI is InChI=1S/C13H15N3O3S/c1-18-12-6-19-5-11(12)14-13(17)10-4-9(15-16-10)8-2-3-20-7-8/h2-4,7,11-12H,5-6H2,1H3,(H,14,17)(H,15,16)/t11-,12-/m0/s1. The van der Waals surface area contributed by atoms with E-state index in [1.54, 1.807) is 24.5 Å². The molecular formula is C13H15N3O3S. The molecule has 6 nitrogen and oxygen atoms in total. The van der Waals surface area contributed by atoms with Crippen LogP contribution in [0.2, 0.25) is 0 Å². The number of thiophene rings is 1. The average molecular weight is 293 g/mol. The van der Waals surface area contributed by atoms with Crippen LogP contribution in [0.5, 0.6) is 0 Å². The second kappa shape index (κ2) is 5.74. The molecule has 3 heterocycles. The summed E-state index contributed by atoms with van der Waals surface area (Å²) in [5.41, 5.74) is 2.21. The molecule has 2 aromatic rings. The minimum atomic E-state index is -0.198. The average Bonchev–Trinajstić information content (AvgIpc) is 3.19. The van der Waals surface area contributed by atoms with E-state index in [-0.39, 0.29) is 18.1 Å². The van der Waals surface area contributed by atoms with Crippen LogP contribution in [0.1, 0.15) is 10.5 Å². The highest BCUT2D eigenvalue weighted by Gasteiger charge is 2.30. The first kappa shape index (κ1) is 13.3. The van der Waals surface area contributed by atoms with E-state index in [1.807, 2.05) is 16.8 Å². The predicted molar refractivity (Wildman–Crippen MR) is 74.8 cm³/mol. The number of aromatic nitrogens is 2. The maximum atomic E-state index is 12.2. The summed E-state index contributed by atoms with van der Waals surface area (Å²) < 4.78 is 10.6. The van der Waals surface area contributed by atoms with Crippen LogP contribution in [0.4, 0.5) is 0 Å². The van der Waals surface area contributed by atoms with Crippen molar-refractivity contribution in [2.45, 2.75) is 12.1 Å². The number of nitrogens with one attached hydrogen (secondary N) is 2. The lowest BCUT2D eigenvalue weighted by atomic mass is 10.2. The van der Waals surface area contributed by atoms with Crippen LogP contribution in [0.15, 0.2) is 22.9 Å². The van der Waals surface area contributed by atoms with Gasteiger partial charge in [0.25, 0.3) is 5.91 Å². The van der Waals surface area contributed by atoms with Crippen molar-refractivity contribution in [3.8, 4) is 11.3 Å². The van der Waals surface area contributed by atoms with Gasteiger partial charge in [-0.3, -0.25) is 9.89 Å². The van der Waals surface area contributed by atoms with Crippen molar-refractivity contribution in [2.24, 2.45) is 0 Å². The maximum Gasteiger partial charge on any atom is 0.269 e. The zero-order chi connectivity index (χ0) is 13.9. The smallest absolute Gasteiger partial charge is 0.269 e. The van der Waals surface area contributed by atoms with Gasteiger partial charge in [0.15, 0.2) is 0 Å². The van der Waals surface area contributed by atoms with E-state index in [4.69, 9.17) is 9.47 Å². The van der Waals surface area contributed by atoms with E-state index in [9.17, 15) is 4.79 Å². The van der Waals surface area contributed by atoms with E-state index in [1.165, 1.54) is 0 Å². The van der Waals surface area contributed by atoms with Gasteiger partial charge in [-0.2, -0.15) is 16.4 Å². The molecule has 0 radical (unpaired) electrons. The summed E-state index contributed by atoms with van der Waals surface area (Å²) in [4.78, 5) is 12.2. The zero-order valence-corrected chi connectivity index (χ0v) is 11.8. The fraction of sp³-hybridized carbons (Fsp3) is 0.385. The van der Waals surface area contributed by atoms with Crippen molar-refractivity contribution < 1.29 is 14.3 Å². The Balaban J connectivity index is 1.68. The van der Waals surface area contributed by atoms with Crippen LogP contribution in [0.25, 0.3) is 11.3 Å². The Morgan fingerprint density at radius 1 is 1.60 bits per heavy atom. The van der Waals surface area contributed by atoms with E-state index in [0.717, 1.165) is 11.3 Å². The van der Waals surface area contributed by atoms with Crippen molar-refractivity contribution in [3.63, 3.8) is 0 Å². The number of nitrogens with zero attached hydrogens (tertiary/aromatic N) is 1. The number of ether oxygens (including phenoxy) is 2. The van der Waals surface area contributed by atoms with Crippen LogP contribution in [-0.2, 0) is 9.47 Å². The number of carbonyl (C=O) groups excluding carboxylic acids is 1. The van der Waals surface area contributed by atoms with Crippen molar-refractivity contribution in [3.05, 3.63) is 28.6 Å². The monoisotopic (exact) mass is 293 g/mol. The van der Waals surface area contributed by atoms with Crippen LogP contribution in [0, 0.1) is 0 Å². The Kier molecular flexibility index (Phi) is 3.81. The van der Waals surface area contributed by atoms with Gasteiger partial charge in [-0.05, 0) is 17.5 Å². The summed E-state index contributed by atoms with van der Waals surface area (Å²) in [6.45, 7) is 0.973. The molecule has 0 bridgehead atoms. The summed E-state index contributed by atoms with van der Waals surface area (Å²) in [7, 11) is 1.61. The lowest BCUT2D eigenvalue weighted by Crippen LogP contribution is -2.43. The van der Waals surface area contributed by atoms with Gasteiger partial charge in [0, 0.05) is 18.1 Å². The normalized spacial score (nSPS) is 22.1. The molecule has 0 unspecified atom stereocenters. The molecule has 1 aliphatic rings. The van der Waals surface area contributed by atoms with E-state index in [2.05, 4.69) is 15.5 Å². The summed E-state index contributed by atoms with van der Waals surface area (Å²) in [5.74, 6) is -0.198. The molecule has 7 heteroatoms. The lowest BCUT2D eigenvalue weighted by Gasteiger charge is -2.16. The van der Waals surface area contributed by atoms with E-state index in [0.29, 0.717) is 18.9 Å². The van der Waals surface area contributed by atoms with Gasteiger partial charge >= 0.3 is 0 Å². The fourth-order valence-corrected chi connectivity index (χ4v) is 2.79. The van der Waals surface area contributed by atoms with Gasteiger partial charge in [0.1, 0.15) is 11.8 Å². The minimum Gasteiger partial charge on any atom is -0.377 e. The third-order valence-electron chi connectivity index (χ3n) is 3.29. The van der Waals surface area contributed by atoms with Gasteiger partial charge < -0.3 is 14.8 Å². The number of hydrogen-bond acceptors (Lipinski definition) is 5. The van der Waals surface area contributed by atoms with Crippen molar-refractivity contribution >= 4 is 17.2 Å². The molecule has 3 rings (SSSR count). The van der Waals surface area contributed by atoms with Gasteiger partial charge in [-0.25, -0.2) is 0 Å². The molecule has 0 saturated carbocycles. The number of carbonyl (C=O) groups is 1. The van der Waals surface area contributed by atoms with Crippen molar-refractivity contribution in [1.29, 1.82) is 0 Å². The number of amides is 1. The number of aromatic amines is 1. The van der Waals surface area contributed by atoms with Gasteiger partial charge in [0.2, 0.25) is 0 Å². The van der Waals surface area contributed by atoms with Crippen LogP contribution in [0.3, 0.4) is 0 Å². The predicted octanol–water partition coefficient (Wildman–Crippen LogP) is 1.28. The largest absolute Gasteiger partial charge is 0.377 e. The van der Waals surface area contributed by atoms with Crippen LogP contribution >= 0.6 is 11.3 Å². The number of rotatable bonds is 4. The molecule has 1 amide bonds. The number of methoxy groups -OCH3 is 1.